The molecule has 154 valence electrons. The second-order valence-corrected chi connectivity index (χ2v) is 10.1. The number of sulfonamides is 2. The van der Waals surface area contributed by atoms with E-state index < -0.39 is 36.7 Å². The minimum absolute atomic E-state index is 0.114. The molecule has 0 aliphatic carbocycles. The van der Waals surface area contributed by atoms with Crippen LogP contribution in [0, 0.1) is 13.8 Å². The van der Waals surface area contributed by atoms with Crippen LogP contribution in [0.15, 0.2) is 46.2 Å². The lowest BCUT2D eigenvalue weighted by Gasteiger charge is -2.18. The molecular weight excluding hydrogens is 417 g/mol. The zero-order chi connectivity index (χ0) is 21.5. The quantitative estimate of drug-likeness (QED) is 0.779. The molecule has 0 fully saturated rings. The van der Waals surface area contributed by atoms with E-state index in [1.807, 2.05) is 0 Å². The molecule has 0 aliphatic rings. The number of anilines is 1. The van der Waals surface area contributed by atoms with Gasteiger partial charge in [-0.2, -0.15) is 13.2 Å². The summed E-state index contributed by atoms with van der Waals surface area (Å²) < 4.78 is 92.7. The number of alkyl halides is 3. The molecule has 2 rings (SSSR count). The third-order valence-corrected chi connectivity index (χ3v) is 7.36. The summed E-state index contributed by atoms with van der Waals surface area (Å²) in [6, 6.07) is 6.22. The van der Waals surface area contributed by atoms with E-state index in [0.717, 1.165) is 22.5 Å². The minimum atomic E-state index is -4.87. The molecule has 0 saturated heterocycles. The van der Waals surface area contributed by atoms with Crippen molar-refractivity contribution in [3.8, 4) is 0 Å². The summed E-state index contributed by atoms with van der Waals surface area (Å²) in [7, 11) is -5.87. The van der Waals surface area contributed by atoms with Gasteiger partial charge in [-0.15, -0.1) is 0 Å². The average molecular weight is 436 g/mol. The molecule has 2 aromatic rings. The zero-order valence-corrected chi connectivity index (χ0v) is 17.1. The van der Waals surface area contributed by atoms with Crippen LogP contribution in [0.5, 0.6) is 0 Å². The van der Waals surface area contributed by atoms with E-state index >= 15 is 0 Å². The van der Waals surface area contributed by atoms with Gasteiger partial charge in [0.25, 0.3) is 10.0 Å². The Morgan fingerprint density at radius 1 is 0.964 bits per heavy atom. The molecule has 6 nitrogen and oxygen atoms in total. The van der Waals surface area contributed by atoms with E-state index in [2.05, 4.69) is 4.72 Å². The van der Waals surface area contributed by atoms with Gasteiger partial charge in [0, 0.05) is 14.1 Å². The average Bonchev–Trinajstić information content (AvgIpc) is 2.57. The summed E-state index contributed by atoms with van der Waals surface area (Å²) >= 11 is 0. The fourth-order valence-corrected chi connectivity index (χ4v) is 4.78. The van der Waals surface area contributed by atoms with E-state index in [0.29, 0.717) is 17.2 Å². The monoisotopic (exact) mass is 436 g/mol. The molecule has 28 heavy (non-hydrogen) atoms. The standard InChI is InChI=1S/C17H19F3N2O4S2/c1-11-9-13(28(25,26)22(3)4)10-15(12(11)2)21-27(23,24)16-8-6-5-7-14(16)17(18,19)20/h5-10,21H,1-4H3. The Kier molecular flexibility index (Phi) is 5.84. The fraction of sp³-hybridized carbons (Fsp3) is 0.294. The van der Waals surface area contributed by atoms with Crippen molar-refractivity contribution in [1.82, 2.24) is 4.31 Å². The van der Waals surface area contributed by atoms with Gasteiger partial charge in [-0.25, -0.2) is 21.1 Å². The van der Waals surface area contributed by atoms with Crippen molar-refractivity contribution < 1.29 is 30.0 Å². The second-order valence-electron chi connectivity index (χ2n) is 6.30. The van der Waals surface area contributed by atoms with E-state index in [4.69, 9.17) is 0 Å². The maximum absolute atomic E-state index is 13.2. The Balaban J connectivity index is 2.62. The molecule has 0 radical (unpaired) electrons. The largest absolute Gasteiger partial charge is 0.417 e. The van der Waals surface area contributed by atoms with Crippen molar-refractivity contribution in [3.05, 3.63) is 53.1 Å². The molecule has 0 unspecified atom stereocenters. The van der Waals surface area contributed by atoms with Crippen molar-refractivity contribution in [2.75, 3.05) is 18.8 Å². The topological polar surface area (TPSA) is 83.6 Å². The van der Waals surface area contributed by atoms with Crippen molar-refractivity contribution >= 4 is 25.7 Å². The van der Waals surface area contributed by atoms with Gasteiger partial charge in [-0.1, -0.05) is 12.1 Å². The highest BCUT2D eigenvalue weighted by molar-refractivity contribution is 7.92. The van der Waals surface area contributed by atoms with E-state index in [1.165, 1.54) is 33.2 Å². The first-order chi connectivity index (χ1) is 12.7. The highest BCUT2D eigenvalue weighted by Crippen LogP contribution is 2.35. The zero-order valence-electron chi connectivity index (χ0n) is 15.5. The van der Waals surface area contributed by atoms with Crippen LogP contribution in [0.2, 0.25) is 0 Å². The molecule has 0 saturated carbocycles. The first-order valence-corrected chi connectivity index (χ1v) is 10.8. The van der Waals surface area contributed by atoms with Crippen molar-refractivity contribution in [2.24, 2.45) is 0 Å². The molecule has 0 bridgehead atoms. The molecule has 0 aliphatic heterocycles. The number of rotatable bonds is 5. The van der Waals surface area contributed by atoms with Crippen molar-refractivity contribution in [1.29, 1.82) is 0 Å². The lowest BCUT2D eigenvalue weighted by molar-refractivity contribution is -0.139. The summed E-state index contributed by atoms with van der Waals surface area (Å²) in [5.41, 5.74) is -0.568. The molecule has 0 atom stereocenters. The first-order valence-electron chi connectivity index (χ1n) is 7.91. The SMILES string of the molecule is Cc1cc(S(=O)(=O)N(C)C)cc(NS(=O)(=O)c2ccccc2C(F)(F)F)c1C. The van der Waals surface area contributed by atoms with E-state index in [9.17, 15) is 30.0 Å². The van der Waals surface area contributed by atoms with Crippen LogP contribution < -0.4 is 4.72 Å². The maximum atomic E-state index is 13.2. The highest BCUT2D eigenvalue weighted by Gasteiger charge is 2.37. The van der Waals surface area contributed by atoms with Gasteiger partial charge in [0.05, 0.1) is 21.0 Å². The Labute approximate surface area is 162 Å². The molecule has 11 heteroatoms. The second kappa shape index (κ2) is 7.37. The number of hydrogen-bond donors (Lipinski definition) is 1. The minimum Gasteiger partial charge on any atom is -0.279 e. The molecule has 1 N–H and O–H groups in total. The molecule has 0 spiro atoms. The molecule has 0 amide bonds. The fourth-order valence-electron chi connectivity index (χ4n) is 2.43. The highest BCUT2D eigenvalue weighted by atomic mass is 32.2. The number of halogens is 3. The Morgan fingerprint density at radius 2 is 1.54 bits per heavy atom. The summed E-state index contributed by atoms with van der Waals surface area (Å²) in [6.45, 7) is 3.11. The number of hydrogen-bond acceptors (Lipinski definition) is 4. The Hall–Kier alpha value is -2.11. The molecule has 2 aromatic carbocycles. The molecular formula is C17H19F3N2O4S2. The van der Waals surface area contributed by atoms with Crippen molar-refractivity contribution in [3.63, 3.8) is 0 Å². The van der Waals surface area contributed by atoms with Crippen LogP contribution in [0.25, 0.3) is 0 Å². The Morgan fingerprint density at radius 3 is 2.07 bits per heavy atom. The van der Waals surface area contributed by atoms with Crippen LogP contribution in [-0.4, -0.2) is 35.2 Å². The van der Waals surface area contributed by atoms with Crippen LogP contribution >= 0.6 is 0 Å². The predicted molar refractivity (Wildman–Crippen MR) is 99.0 cm³/mol. The normalized spacial score (nSPS) is 13.0. The van der Waals surface area contributed by atoms with Crippen LogP contribution in [0.1, 0.15) is 16.7 Å². The lowest BCUT2D eigenvalue weighted by atomic mass is 10.1. The van der Waals surface area contributed by atoms with Gasteiger partial charge in [0.15, 0.2) is 0 Å². The van der Waals surface area contributed by atoms with Crippen molar-refractivity contribution in [2.45, 2.75) is 29.8 Å². The van der Waals surface area contributed by atoms with Gasteiger partial charge in [0.2, 0.25) is 10.0 Å². The third kappa shape index (κ3) is 4.31. The predicted octanol–water partition coefficient (Wildman–Crippen LogP) is 3.37. The molecule has 0 aromatic heterocycles. The van der Waals surface area contributed by atoms with Gasteiger partial charge in [-0.05, 0) is 49.2 Å². The van der Waals surface area contributed by atoms with Gasteiger partial charge in [-0.3, -0.25) is 4.72 Å². The molecule has 0 heterocycles. The van der Waals surface area contributed by atoms with Crippen LogP contribution in [-0.2, 0) is 26.2 Å². The number of nitrogens with one attached hydrogen (secondary N) is 1. The number of benzene rings is 2. The van der Waals surface area contributed by atoms with E-state index in [-0.39, 0.29) is 10.6 Å². The van der Waals surface area contributed by atoms with E-state index in [1.54, 1.807) is 6.92 Å². The van der Waals surface area contributed by atoms with Gasteiger partial charge < -0.3 is 0 Å². The summed E-state index contributed by atoms with van der Waals surface area (Å²) in [4.78, 5) is -1.12. The number of aryl methyl sites for hydroxylation is 1. The third-order valence-electron chi connectivity index (χ3n) is 4.15. The van der Waals surface area contributed by atoms with Crippen LogP contribution in [0.3, 0.4) is 0 Å². The summed E-state index contributed by atoms with van der Waals surface area (Å²) in [6.07, 6.45) is -4.87. The summed E-state index contributed by atoms with van der Waals surface area (Å²) in [5, 5.41) is 0. The first kappa shape index (κ1) is 22.2. The lowest BCUT2D eigenvalue weighted by Crippen LogP contribution is -2.23. The maximum Gasteiger partial charge on any atom is 0.417 e. The van der Waals surface area contributed by atoms with Crippen LogP contribution in [0.4, 0.5) is 18.9 Å². The number of nitrogens with zero attached hydrogens (tertiary/aromatic N) is 1. The summed E-state index contributed by atoms with van der Waals surface area (Å²) in [5.74, 6) is 0. The van der Waals surface area contributed by atoms with Gasteiger partial charge in [0.1, 0.15) is 0 Å². The van der Waals surface area contributed by atoms with Gasteiger partial charge >= 0.3 is 6.18 Å². The Bertz CT molecular complexity index is 1110. The smallest absolute Gasteiger partial charge is 0.279 e.